The van der Waals surface area contributed by atoms with Gasteiger partial charge in [0.1, 0.15) is 11.6 Å². The highest BCUT2D eigenvalue weighted by Crippen LogP contribution is 2.29. The summed E-state index contributed by atoms with van der Waals surface area (Å²) in [6.45, 7) is 5.70. The van der Waals surface area contributed by atoms with Crippen LogP contribution in [0.1, 0.15) is 26.2 Å². The molecule has 2 unspecified atom stereocenters. The van der Waals surface area contributed by atoms with Crippen LogP contribution in [0.4, 0.5) is 11.6 Å². The van der Waals surface area contributed by atoms with Crippen LogP contribution in [0, 0.1) is 0 Å². The molecule has 0 radical (unpaired) electrons. The third kappa shape index (κ3) is 3.09. The van der Waals surface area contributed by atoms with E-state index in [9.17, 15) is 0 Å². The molecule has 116 valence electrons. The average Bonchev–Trinajstić information content (AvgIpc) is 2.53. The summed E-state index contributed by atoms with van der Waals surface area (Å²) in [6.07, 6.45) is 5.97. The molecule has 0 bridgehead atoms. The van der Waals surface area contributed by atoms with Crippen LogP contribution >= 0.6 is 11.8 Å². The van der Waals surface area contributed by atoms with Crippen molar-refractivity contribution in [3.05, 3.63) is 6.07 Å². The Kier molecular flexibility index (Phi) is 4.51. The summed E-state index contributed by atoms with van der Waals surface area (Å²) < 4.78 is 0. The smallest absolute Gasteiger partial charge is 0.191 e. The number of aromatic nitrogens is 2. The molecule has 3 heterocycles. The zero-order chi connectivity index (χ0) is 14.8. The topological polar surface area (TPSA) is 70.3 Å². The van der Waals surface area contributed by atoms with E-state index < -0.39 is 0 Å². The predicted octanol–water partition coefficient (Wildman–Crippen LogP) is 1.55. The van der Waals surface area contributed by atoms with E-state index in [1.54, 1.807) is 11.8 Å². The summed E-state index contributed by atoms with van der Waals surface area (Å²) in [4.78, 5) is 14.1. The molecule has 21 heavy (non-hydrogen) atoms. The fourth-order valence-corrected chi connectivity index (χ4v) is 3.77. The van der Waals surface area contributed by atoms with Crippen molar-refractivity contribution in [1.82, 2.24) is 14.9 Å². The number of nitrogens with one attached hydrogen (secondary N) is 1. The summed E-state index contributed by atoms with van der Waals surface area (Å²) in [6, 6.07) is 3.08. The van der Waals surface area contributed by atoms with Crippen molar-refractivity contribution in [2.75, 3.05) is 36.2 Å². The van der Waals surface area contributed by atoms with Crippen molar-refractivity contribution in [3.63, 3.8) is 0 Å². The molecular formula is C14H24N6S. The number of nitrogen functional groups attached to an aromatic ring is 1. The number of hydrogen-bond donors (Lipinski definition) is 2. The van der Waals surface area contributed by atoms with E-state index in [-0.39, 0.29) is 0 Å². The Morgan fingerprint density at radius 1 is 1.33 bits per heavy atom. The molecule has 1 aromatic heterocycles. The van der Waals surface area contributed by atoms with Gasteiger partial charge in [0.15, 0.2) is 5.16 Å². The second-order valence-corrected chi connectivity index (χ2v) is 6.66. The second-order valence-electron chi connectivity index (χ2n) is 5.89. The molecule has 2 fully saturated rings. The molecule has 2 atom stereocenters. The van der Waals surface area contributed by atoms with Gasteiger partial charge in [-0.25, -0.2) is 15.8 Å². The molecule has 3 N–H and O–H groups in total. The maximum Gasteiger partial charge on any atom is 0.191 e. The summed E-state index contributed by atoms with van der Waals surface area (Å²) in [7, 11) is 0. The van der Waals surface area contributed by atoms with E-state index in [1.807, 2.05) is 12.3 Å². The first-order valence-electron chi connectivity index (χ1n) is 7.61. The lowest BCUT2D eigenvalue weighted by atomic mass is 9.97. The van der Waals surface area contributed by atoms with Crippen LogP contribution in [0.2, 0.25) is 0 Å². The molecule has 0 spiro atoms. The highest BCUT2D eigenvalue weighted by molar-refractivity contribution is 7.98. The molecule has 2 aliphatic heterocycles. The van der Waals surface area contributed by atoms with Crippen molar-refractivity contribution < 1.29 is 0 Å². The number of hydrazine groups is 1. The molecule has 0 amide bonds. The standard InChI is InChI=1S/C14H24N6S/c1-10-8-19-6-4-3-5-11(19)9-20(10)13-7-12(18-15)16-14(17-13)21-2/h7,10-11H,3-6,8-9,15H2,1-2H3,(H,16,17,18). The molecule has 2 aliphatic rings. The van der Waals surface area contributed by atoms with Crippen molar-refractivity contribution >= 4 is 23.4 Å². The summed E-state index contributed by atoms with van der Waals surface area (Å²) in [5, 5.41) is 0.763. The van der Waals surface area contributed by atoms with Gasteiger partial charge in [0, 0.05) is 31.2 Å². The molecule has 1 aromatic rings. The largest absolute Gasteiger partial charge is 0.351 e. The van der Waals surface area contributed by atoms with Gasteiger partial charge in [-0.2, -0.15) is 0 Å². The van der Waals surface area contributed by atoms with Gasteiger partial charge in [0.2, 0.25) is 0 Å². The number of nitrogens with zero attached hydrogens (tertiary/aromatic N) is 4. The number of fused-ring (bicyclic) bond motifs is 1. The zero-order valence-corrected chi connectivity index (χ0v) is 13.6. The first kappa shape index (κ1) is 14.9. The van der Waals surface area contributed by atoms with Crippen LogP contribution in [-0.4, -0.2) is 52.8 Å². The van der Waals surface area contributed by atoms with Crippen LogP contribution in [0.15, 0.2) is 11.2 Å². The van der Waals surface area contributed by atoms with E-state index in [4.69, 9.17) is 5.84 Å². The highest BCUT2D eigenvalue weighted by atomic mass is 32.2. The Bertz CT molecular complexity index is 474. The summed E-state index contributed by atoms with van der Waals surface area (Å²) in [5.74, 6) is 7.21. The number of rotatable bonds is 3. The van der Waals surface area contributed by atoms with E-state index in [2.05, 4.69) is 32.1 Å². The average molecular weight is 308 g/mol. The SMILES string of the molecule is CSc1nc(NN)cc(N2CC3CCCCN3CC2C)n1. The monoisotopic (exact) mass is 308 g/mol. The van der Waals surface area contributed by atoms with Crippen molar-refractivity contribution in [2.45, 2.75) is 43.4 Å². The zero-order valence-electron chi connectivity index (χ0n) is 12.7. The van der Waals surface area contributed by atoms with Gasteiger partial charge in [-0.15, -0.1) is 0 Å². The number of thioether (sulfide) groups is 1. The quantitative estimate of drug-likeness (QED) is 0.380. The lowest BCUT2D eigenvalue weighted by molar-refractivity contribution is 0.115. The molecular weight excluding hydrogens is 284 g/mol. The minimum atomic E-state index is 0.467. The molecule has 0 saturated carbocycles. The van der Waals surface area contributed by atoms with Gasteiger partial charge >= 0.3 is 0 Å². The van der Waals surface area contributed by atoms with E-state index in [0.29, 0.717) is 17.9 Å². The van der Waals surface area contributed by atoms with Gasteiger partial charge in [-0.3, -0.25) is 4.90 Å². The molecule has 3 rings (SSSR count). The number of nitrogens with two attached hydrogens (primary N) is 1. The van der Waals surface area contributed by atoms with Gasteiger partial charge in [-0.05, 0) is 32.6 Å². The fourth-order valence-electron chi connectivity index (χ4n) is 3.40. The summed E-state index contributed by atoms with van der Waals surface area (Å²) >= 11 is 1.55. The fraction of sp³-hybridized carbons (Fsp3) is 0.714. The minimum Gasteiger partial charge on any atom is -0.351 e. The Labute approximate surface area is 130 Å². The van der Waals surface area contributed by atoms with Crippen molar-refractivity contribution in [2.24, 2.45) is 5.84 Å². The van der Waals surface area contributed by atoms with E-state index >= 15 is 0 Å². The minimum absolute atomic E-state index is 0.467. The molecule has 2 saturated heterocycles. The van der Waals surface area contributed by atoms with Crippen LogP contribution in [0.5, 0.6) is 0 Å². The van der Waals surface area contributed by atoms with E-state index in [1.165, 1.54) is 25.8 Å². The third-order valence-electron chi connectivity index (χ3n) is 4.50. The first-order valence-corrected chi connectivity index (χ1v) is 8.84. The maximum atomic E-state index is 5.54. The number of hydrogen-bond acceptors (Lipinski definition) is 7. The number of anilines is 2. The lowest BCUT2D eigenvalue weighted by Crippen LogP contribution is -2.59. The van der Waals surface area contributed by atoms with Crippen molar-refractivity contribution in [3.8, 4) is 0 Å². The van der Waals surface area contributed by atoms with Crippen molar-refractivity contribution in [1.29, 1.82) is 0 Å². The molecule has 0 aliphatic carbocycles. The molecule has 6 nitrogen and oxygen atoms in total. The second kappa shape index (κ2) is 6.37. The Morgan fingerprint density at radius 3 is 2.95 bits per heavy atom. The maximum absolute atomic E-state index is 5.54. The van der Waals surface area contributed by atoms with Crippen LogP contribution in [0.3, 0.4) is 0 Å². The Morgan fingerprint density at radius 2 is 2.19 bits per heavy atom. The Hall–Kier alpha value is -1.05. The Balaban J connectivity index is 1.85. The highest BCUT2D eigenvalue weighted by Gasteiger charge is 2.33. The summed E-state index contributed by atoms with van der Waals surface area (Å²) in [5.41, 5.74) is 2.65. The van der Waals surface area contributed by atoms with Gasteiger partial charge in [0.05, 0.1) is 0 Å². The van der Waals surface area contributed by atoms with Gasteiger partial charge in [0.25, 0.3) is 0 Å². The number of piperidine rings is 1. The van der Waals surface area contributed by atoms with E-state index in [0.717, 1.165) is 24.1 Å². The molecule has 0 aromatic carbocycles. The normalized spacial score (nSPS) is 26.5. The lowest BCUT2D eigenvalue weighted by Gasteiger charge is -2.48. The van der Waals surface area contributed by atoms with Crippen LogP contribution < -0.4 is 16.2 Å². The van der Waals surface area contributed by atoms with Crippen LogP contribution in [0.25, 0.3) is 0 Å². The molecule has 7 heteroatoms. The van der Waals surface area contributed by atoms with Gasteiger partial charge in [-0.1, -0.05) is 18.2 Å². The number of piperazine rings is 1. The first-order chi connectivity index (χ1) is 10.2. The van der Waals surface area contributed by atoms with Gasteiger partial charge < -0.3 is 10.3 Å². The predicted molar refractivity (Wildman–Crippen MR) is 87.6 cm³/mol. The van der Waals surface area contributed by atoms with Crippen LogP contribution in [-0.2, 0) is 0 Å². The third-order valence-corrected chi connectivity index (χ3v) is 5.05.